The number of nitrogens with zero attached hydrogens (tertiary/aromatic N) is 2. The van der Waals surface area contributed by atoms with Crippen LogP contribution in [0.2, 0.25) is 0 Å². The van der Waals surface area contributed by atoms with Crippen LogP contribution in [-0.4, -0.2) is 45.7 Å². The van der Waals surface area contributed by atoms with Crippen molar-refractivity contribution in [3.63, 3.8) is 0 Å². The standard InChI is InChI=1S/C26H38N4O5S2/c1-8-10-11-12-17(9-2)34-24(32)21(16(3)4)30-22(31)18-14-37-23(29-18)19-15-36-20(28-19)13-27-25(33)35-26(5,6)7/h11-12,14-17,21H,8-10,13H2,1-7H3,(H,27,33)(H,30,31)/b12-11+/t17-,21-/m0/s1. The molecule has 0 fully saturated rings. The first kappa shape index (κ1) is 30.4. The van der Waals surface area contributed by atoms with E-state index >= 15 is 0 Å². The van der Waals surface area contributed by atoms with Gasteiger partial charge < -0.3 is 20.1 Å². The van der Waals surface area contributed by atoms with E-state index < -0.39 is 29.6 Å². The molecule has 0 aliphatic carbocycles. The molecule has 2 atom stereocenters. The van der Waals surface area contributed by atoms with Crippen LogP contribution >= 0.6 is 22.7 Å². The van der Waals surface area contributed by atoms with Gasteiger partial charge in [-0.2, -0.15) is 0 Å². The van der Waals surface area contributed by atoms with Crippen LogP contribution in [0.25, 0.3) is 10.7 Å². The number of esters is 1. The van der Waals surface area contributed by atoms with E-state index in [4.69, 9.17) is 9.47 Å². The first-order valence-corrected chi connectivity index (χ1v) is 14.2. The van der Waals surface area contributed by atoms with Crippen molar-refractivity contribution < 1.29 is 23.9 Å². The number of hydrogen-bond acceptors (Lipinski definition) is 9. The maximum atomic E-state index is 12.9. The van der Waals surface area contributed by atoms with Crippen molar-refractivity contribution >= 4 is 40.6 Å². The summed E-state index contributed by atoms with van der Waals surface area (Å²) in [6, 6.07) is -0.795. The Hall–Kier alpha value is -2.79. The minimum atomic E-state index is -0.795. The number of unbranched alkanes of at least 4 members (excludes halogenated alkanes) is 1. The summed E-state index contributed by atoms with van der Waals surface area (Å²) in [5.41, 5.74) is 0.235. The zero-order valence-electron chi connectivity index (χ0n) is 22.6. The lowest BCUT2D eigenvalue weighted by Gasteiger charge is -2.22. The topological polar surface area (TPSA) is 120 Å². The second kappa shape index (κ2) is 14.2. The van der Waals surface area contributed by atoms with Crippen molar-refractivity contribution in [1.29, 1.82) is 0 Å². The maximum Gasteiger partial charge on any atom is 0.408 e. The zero-order chi connectivity index (χ0) is 27.6. The second-order valence-corrected chi connectivity index (χ2v) is 11.6. The van der Waals surface area contributed by atoms with Crippen LogP contribution in [0.3, 0.4) is 0 Å². The number of aromatic nitrogens is 2. The highest BCUT2D eigenvalue weighted by Gasteiger charge is 2.28. The fraction of sp³-hybridized carbons (Fsp3) is 0.577. The van der Waals surface area contributed by atoms with Crippen LogP contribution in [0, 0.1) is 5.92 Å². The van der Waals surface area contributed by atoms with E-state index in [1.807, 2.05) is 38.3 Å². The molecule has 2 N–H and O–H groups in total. The van der Waals surface area contributed by atoms with E-state index in [0.29, 0.717) is 22.1 Å². The Balaban J connectivity index is 2.00. The highest BCUT2D eigenvalue weighted by atomic mass is 32.1. The van der Waals surface area contributed by atoms with E-state index in [2.05, 4.69) is 27.5 Å². The summed E-state index contributed by atoms with van der Waals surface area (Å²) in [4.78, 5) is 46.5. The number of amides is 2. The van der Waals surface area contributed by atoms with Gasteiger partial charge in [0.2, 0.25) is 0 Å². The molecular formula is C26H38N4O5S2. The molecule has 2 amide bonds. The number of nitrogens with one attached hydrogen (secondary N) is 2. The second-order valence-electron chi connectivity index (χ2n) is 9.82. The molecule has 2 aromatic heterocycles. The van der Waals surface area contributed by atoms with Crippen molar-refractivity contribution in [1.82, 2.24) is 20.6 Å². The monoisotopic (exact) mass is 550 g/mol. The summed E-state index contributed by atoms with van der Waals surface area (Å²) in [6.07, 6.45) is 5.67. The summed E-state index contributed by atoms with van der Waals surface area (Å²) >= 11 is 2.65. The Morgan fingerprint density at radius 1 is 1.11 bits per heavy atom. The Labute approximate surface area is 227 Å². The lowest BCUT2D eigenvalue weighted by Crippen LogP contribution is -2.46. The largest absolute Gasteiger partial charge is 0.457 e. The summed E-state index contributed by atoms with van der Waals surface area (Å²) < 4.78 is 10.9. The Kier molecular flexibility index (Phi) is 11.7. The third kappa shape index (κ3) is 10.2. The summed E-state index contributed by atoms with van der Waals surface area (Å²) in [6.45, 7) is 13.4. The SMILES string of the molecule is CCC/C=C/[C@H](CC)OC(=O)[C@@H](NC(=O)c1csc(-c2csc(CNC(=O)OC(C)(C)C)n2)n1)C(C)C. The van der Waals surface area contributed by atoms with Gasteiger partial charge in [-0.3, -0.25) is 4.79 Å². The predicted octanol–water partition coefficient (Wildman–Crippen LogP) is 5.72. The molecule has 0 spiro atoms. The molecule has 204 valence electrons. The van der Waals surface area contributed by atoms with Crippen LogP contribution in [0.15, 0.2) is 22.9 Å². The molecule has 0 aliphatic rings. The Morgan fingerprint density at radius 2 is 1.84 bits per heavy atom. The number of allylic oxidation sites excluding steroid dienone is 1. The molecule has 0 unspecified atom stereocenters. The number of carbonyl (C=O) groups excluding carboxylic acids is 3. The van der Waals surface area contributed by atoms with Gasteiger partial charge in [0.05, 0.1) is 6.54 Å². The average molecular weight is 551 g/mol. The first-order chi connectivity index (χ1) is 17.4. The highest BCUT2D eigenvalue weighted by Crippen LogP contribution is 2.25. The van der Waals surface area contributed by atoms with Crippen LogP contribution in [0.1, 0.15) is 83.2 Å². The van der Waals surface area contributed by atoms with Gasteiger partial charge in [0.25, 0.3) is 5.91 Å². The minimum absolute atomic E-state index is 0.162. The number of alkyl carbamates (subject to hydrolysis) is 1. The van der Waals surface area contributed by atoms with E-state index in [0.717, 1.165) is 12.8 Å². The third-order valence-corrected chi connectivity index (χ3v) is 6.69. The fourth-order valence-corrected chi connectivity index (χ4v) is 4.61. The van der Waals surface area contributed by atoms with E-state index in [-0.39, 0.29) is 24.3 Å². The van der Waals surface area contributed by atoms with Gasteiger partial charge in [0, 0.05) is 10.8 Å². The first-order valence-electron chi connectivity index (χ1n) is 12.5. The number of rotatable bonds is 12. The predicted molar refractivity (Wildman–Crippen MR) is 147 cm³/mol. The maximum absolute atomic E-state index is 12.9. The van der Waals surface area contributed by atoms with Gasteiger partial charge in [-0.05, 0) is 45.6 Å². The molecule has 0 saturated heterocycles. The van der Waals surface area contributed by atoms with Crippen LogP contribution in [0.5, 0.6) is 0 Å². The number of hydrogen-bond donors (Lipinski definition) is 2. The molecule has 2 heterocycles. The molecule has 37 heavy (non-hydrogen) atoms. The van der Waals surface area contributed by atoms with E-state index in [1.54, 1.807) is 26.2 Å². The lowest BCUT2D eigenvalue weighted by atomic mass is 10.0. The van der Waals surface area contributed by atoms with Gasteiger partial charge >= 0.3 is 12.1 Å². The Bertz CT molecular complexity index is 1070. The quantitative estimate of drug-likeness (QED) is 0.256. The summed E-state index contributed by atoms with van der Waals surface area (Å²) in [7, 11) is 0. The molecular weight excluding hydrogens is 512 g/mol. The lowest BCUT2D eigenvalue weighted by molar-refractivity contribution is -0.150. The highest BCUT2D eigenvalue weighted by molar-refractivity contribution is 7.14. The van der Waals surface area contributed by atoms with E-state index in [9.17, 15) is 14.4 Å². The van der Waals surface area contributed by atoms with Crippen molar-refractivity contribution in [3.8, 4) is 10.7 Å². The molecule has 0 aromatic carbocycles. The van der Waals surface area contributed by atoms with Crippen LogP contribution in [-0.2, 0) is 20.8 Å². The smallest absolute Gasteiger partial charge is 0.408 e. The van der Waals surface area contributed by atoms with Crippen molar-refractivity contribution in [2.45, 2.75) is 92.0 Å². The van der Waals surface area contributed by atoms with Gasteiger partial charge in [-0.25, -0.2) is 19.6 Å². The van der Waals surface area contributed by atoms with Crippen molar-refractivity contribution in [2.24, 2.45) is 5.92 Å². The molecule has 9 nitrogen and oxygen atoms in total. The molecule has 0 bridgehead atoms. The van der Waals surface area contributed by atoms with Crippen LogP contribution in [0.4, 0.5) is 4.79 Å². The minimum Gasteiger partial charge on any atom is -0.457 e. The normalized spacial score (nSPS) is 13.4. The Morgan fingerprint density at radius 3 is 2.46 bits per heavy atom. The average Bonchev–Trinajstić information content (AvgIpc) is 3.49. The number of carbonyl (C=O) groups is 3. The molecule has 0 saturated carbocycles. The molecule has 2 rings (SSSR count). The zero-order valence-corrected chi connectivity index (χ0v) is 24.3. The van der Waals surface area contributed by atoms with Gasteiger partial charge in [0.15, 0.2) is 0 Å². The fourth-order valence-electron chi connectivity index (χ4n) is 3.06. The van der Waals surface area contributed by atoms with E-state index in [1.165, 1.54) is 22.7 Å². The third-order valence-electron chi connectivity index (χ3n) is 4.97. The molecule has 2 aromatic rings. The molecule has 0 radical (unpaired) electrons. The number of ether oxygens (including phenoxy) is 2. The molecule has 11 heteroatoms. The van der Waals surface area contributed by atoms with Crippen molar-refractivity contribution in [3.05, 3.63) is 33.6 Å². The van der Waals surface area contributed by atoms with Crippen LogP contribution < -0.4 is 10.6 Å². The summed E-state index contributed by atoms with van der Waals surface area (Å²) in [5.74, 6) is -1.08. The van der Waals surface area contributed by atoms with Crippen molar-refractivity contribution in [2.75, 3.05) is 0 Å². The number of thiazole rings is 2. The van der Waals surface area contributed by atoms with Gasteiger partial charge in [-0.1, -0.05) is 40.2 Å². The van der Waals surface area contributed by atoms with Gasteiger partial charge in [-0.15, -0.1) is 22.7 Å². The summed E-state index contributed by atoms with van der Waals surface area (Å²) in [5, 5.41) is 10.2. The molecule has 0 aliphatic heterocycles. The van der Waals surface area contributed by atoms with Gasteiger partial charge in [0.1, 0.15) is 39.1 Å².